The zero-order valence-corrected chi connectivity index (χ0v) is 17.7. The Morgan fingerprint density at radius 2 is 1.80 bits per heavy atom. The number of hydrogen-bond donors (Lipinski definition) is 0. The van der Waals surface area contributed by atoms with E-state index >= 15 is 0 Å². The first kappa shape index (κ1) is 20.4. The normalized spacial score (nSPS) is 20.3. The van der Waals surface area contributed by atoms with Crippen LogP contribution in [0.2, 0.25) is 0 Å². The van der Waals surface area contributed by atoms with Crippen LogP contribution in [0.25, 0.3) is 11.3 Å². The minimum Gasteiger partial charge on any atom is -0.497 e. The van der Waals surface area contributed by atoms with Crippen LogP contribution in [-0.4, -0.2) is 60.1 Å². The number of rotatable bonds is 4. The average molecular weight is 412 g/mol. The smallest absolute Gasteiger partial charge is 0.276 e. The van der Waals surface area contributed by atoms with Crippen molar-refractivity contribution in [2.45, 2.75) is 32.6 Å². The Hall–Kier alpha value is -2.83. The second-order valence-electron chi connectivity index (χ2n) is 8.40. The molecule has 3 heterocycles. The van der Waals surface area contributed by atoms with E-state index in [2.05, 4.69) is 12.1 Å². The molecule has 1 aromatic heterocycles. The van der Waals surface area contributed by atoms with Crippen LogP contribution >= 0.6 is 0 Å². The molecule has 2 aliphatic rings. The third-order valence-corrected chi connectivity index (χ3v) is 6.26. The molecule has 0 radical (unpaired) electrons. The molecule has 7 heteroatoms. The summed E-state index contributed by atoms with van der Waals surface area (Å²) in [6.45, 7) is 5.00. The van der Waals surface area contributed by atoms with Gasteiger partial charge in [-0.15, -0.1) is 0 Å². The summed E-state index contributed by atoms with van der Waals surface area (Å²) >= 11 is 0. The Bertz CT molecular complexity index is 884. The number of ether oxygens (including phenoxy) is 1. The van der Waals surface area contributed by atoms with Gasteiger partial charge in [0.2, 0.25) is 5.91 Å². The number of benzene rings is 1. The number of nitrogens with zero attached hydrogens (tertiary/aromatic N) is 3. The molecule has 0 saturated carbocycles. The summed E-state index contributed by atoms with van der Waals surface area (Å²) in [6, 6.07) is 9.07. The molecule has 0 aliphatic carbocycles. The van der Waals surface area contributed by atoms with E-state index in [1.807, 2.05) is 29.2 Å². The van der Waals surface area contributed by atoms with E-state index in [4.69, 9.17) is 9.26 Å². The lowest BCUT2D eigenvalue weighted by Gasteiger charge is -2.37. The predicted octanol–water partition coefficient (Wildman–Crippen LogP) is 3.46. The number of hydrogen-bond acceptors (Lipinski definition) is 5. The molecule has 0 spiro atoms. The van der Waals surface area contributed by atoms with Gasteiger partial charge in [-0.2, -0.15) is 0 Å². The molecule has 160 valence electrons. The number of piperidine rings is 2. The number of aromatic nitrogens is 1. The Morgan fingerprint density at radius 3 is 2.50 bits per heavy atom. The third-order valence-electron chi connectivity index (χ3n) is 6.26. The summed E-state index contributed by atoms with van der Waals surface area (Å²) in [6.07, 6.45) is 3.79. The Labute approximate surface area is 177 Å². The first-order valence-corrected chi connectivity index (χ1v) is 10.7. The molecule has 7 nitrogen and oxygen atoms in total. The van der Waals surface area contributed by atoms with Crippen molar-refractivity contribution in [1.29, 1.82) is 0 Å². The SMILES string of the molecule is COc1ccc(-c2cc(C(=O)N3CCC[C@@H](C(=O)N4CCC(C)CC4)C3)no2)cc1. The second kappa shape index (κ2) is 8.90. The van der Waals surface area contributed by atoms with E-state index in [1.165, 1.54) is 0 Å². The number of methoxy groups -OCH3 is 1. The van der Waals surface area contributed by atoms with Gasteiger partial charge in [0, 0.05) is 37.8 Å². The van der Waals surface area contributed by atoms with Gasteiger partial charge < -0.3 is 19.1 Å². The molecule has 2 saturated heterocycles. The first-order valence-electron chi connectivity index (χ1n) is 10.7. The average Bonchev–Trinajstić information content (AvgIpc) is 3.29. The molecular weight excluding hydrogens is 382 g/mol. The largest absolute Gasteiger partial charge is 0.497 e. The lowest BCUT2D eigenvalue weighted by atomic mass is 9.93. The summed E-state index contributed by atoms with van der Waals surface area (Å²) in [5.74, 6) is 1.87. The molecule has 2 amide bonds. The van der Waals surface area contributed by atoms with Crippen molar-refractivity contribution < 1.29 is 18.8 Å². The van der Waals surface area contributed by atoms with E-state index in [1.54, 1.807) is 18.1 Å². The van der Waals surface area contributed by atoms with Gasteiger partial charge in [0.05, 0.1) is 13.0 Å². The molecule has 2 aromatic rings. The summed E-state index contributed by atoms with van der Waals surface area (Å²) < 4.78 is 10.6. The summed E-state index contributed by atoms with van der Waals surface area (Å²) in [7, 11) is 1.61. The Balaban J connectivity index is 1.40. The van der Waals surface area contributed by atoms with Crippen LogP contribution in [0.5, 0.6) is 5.75 Å². The Kier molecular flexibility index (Phi) is 6.06. The van der Waals surface area contributed by atoms with Crippen molar-refractivity contribution in [3.63, 3.8) is 0 Å². The summed E-state index contributed by atoms with van der Waals surface area (Å²) in [5, 5.41) is 3.99. The fraction of sp³-hybridized carbons (Fsp3) is 0.522. The number of amides is 2. The van der Waals surface area contributed by atoms with Crippen LogP contribution in [0.1, 0.15) is 43.1 Å². The fourth-order valence-electron chi connectivity index (χ4n) is 4.28. The van der Waals surface area contributed by atoms with Crippen LogP contribution in [0.15, 0.2) is 34.9 Å². The highest BCUT2D eigenvalue weighted by Gasteiger charge is 2.33. The second-order valence-corrected chi connectivity index (χ2v) is 8.40. The first-order chi connectivity index (χ1) is 14.5. The zero-order chi connectivity index (χ0) is 21.1. The highest BCUT2D eigenvalue weighted by Crippen LogP contribution is 2.26. The lowest BCUT2D eigenvalue weighted by molar-refractivity contribution is -0.138. The molecule has 1 atom stereocenters. The summed E-state index contributed by atoms with van der Waals surface area (Å²) in [5.41, 5.74) is 1.11. The molecule has 1 aromatic carbocycles. The molecule has 0 bridgehead atoms. The lowest BCUT2D eigenvalue weighted by Crippen LogP contribution is -2.48. The quantitative estimate of drug-likeness (QED) is 0.770. The number of carbonyl (C=O) groups is 2. The zero-order valence-electron chi connectivity index (χ0n) is 17.7. The van der Waals surface area contributed by atoms with Crippen molar-refractivity contribution >= 4 is 11.8 Å². The maximum atomic E-state index is 13.0. The molecule has 2 fully saturated rings. The number of carbonyl (C=O) groups excluding carboxylic acids is 2. The van der Waals surface area contributed by atoms with Crippen LogP contribution in [0.4, 0.5) is 0 Å². The van der Waals surface area contributed by atoms with E-state index in [0.29, 0.717) is 24.8 Å². The van der Waals surface area contributed by atoms with Gasteiger partial charge in [-0.3, -0.25) is 9.59 Å². The highest BCUT2D eigenvalue weighted by molar-refractivity contribution is 5.93. The van der Waals surface area contributed by atoms with E-state index in [-0.39, 0.29) is 23.4 Å². The van der Waals surface area contributed by atoms with Crippen molar-refractivity contribution in [1.82, 2.24) is 15.0 Å². The van der Waals surface area contributed by atoms with Gasteiger partial charge in [0.25, 0.3) is 5.91 Å². The van der Waals surface area contributed by atoms with Crippen LogP contribution in [0, 0.1) is 11.8 Å². The third kappa shape index (κ3) is 4.35. The summed E-state index contributed by atoms with van der Waals surface area (Å²) in [4.78, 5) is 29.7. The van der Waals surface area contributed by atoms with Gasteiger partial charge in [-0.1, -0.05) is 12.1 Å². The van der Waals surface area contributed by atoms with E-state index in [0.717, 1.165) is 50.1 Å². The molecular formula is C23H29N3O4. The number of likely N-dealkylation sites (tertiary alicyclic amines) is 2. The van der Waals surface area contributed by atoms with Crippen molar-refractivity contribution in [2.75, 3.05) is 33.3 Å². The maximum Gasteiger partial charge on any atom is 0.276 e. The van der Waals surface area contributed by atoms with Crippen molar-refractivity contribution in [3.05, 3.63) is 36.0 Å². The molecule has 4 rings (SSSR count). The van der Waals surface area contributed by atoms with Crippen LogP contribution in [-0.2, 0) is 4.79 Å². The van der Waals surface area contributed by atoms with Crippen molar-refractivity contribution in [3.8, 4) is 17.1 Å². The minimum absolute atomic E-state index is 0.121. The maximum absolute atomic E-state index is 13.0. The molecule has 30 heavy (non-hydrogen) atoms. The van der Waals surface area contributed by atoms with Gasteiger partial charge in [-0.05, 0) is 55.9 Å². The molecule has 0 unspecified atom stereocenters. The standard InChI is InChI=1S/C23H29N3O4/c1-16-9-12-25(13-10-16)22(27)18-4-3-11-26(15-18)23(28)20-14-21(30-24-20)17-5-7-19(29-2)8-6-17/h5-8,14,16,18H,3-4,9-13,15H2,1-2H3/t18-/m1/s1. The van der Waals surface area contributed by atoms with Crippen LogP contribution < -0.4 is 4.74 Å². The van der Waals surface area contributed by atoms with Gasteiger partial charge in [0.1, 0.15) is 5.75 Å². The predicted molar refractivity (Wildman–Crippen MR) is 112 cm³/mol. The van der Waals surface area contributed by atoms with E-state index in [9.17, 15) is 9.59 Å². The topological polar surface area (TPSA) is 75.9 Å². The van der Waals surface area contributed by atoms with Gasteiger partial charge >= 0.3 is 0 Å². The van der Waals surface area contributed by atoms with Crippen molar-refractivity contribution in [2.24, 2.45) is 11.8 Å². The molecule has 2 aliphatic heterocycles. The monoisotopic (exact) mass is 411 g/mol. The minimum atomic E-state index is -0.178. The van der Waals surface area contributed by atoms with Gasteiger partial charge in [-0.25, -0.2) is 0 Å². The Morgan fingerprint density at radius 1 is 1.07 bits per heavy atom. The fourth-order valence-corrected chi connectivity index (χ4v) is 4.28. The van der Waals surface area contributed by atoms with Gasteiger partial charge in [0.15, 0.2) is 11.5 Å². The molecule has 0 N–H and O–H groups in total. The van der Waals surface area contributed by atoms with E-state index < -0.39 is 0 Å². The van der Waals surface area contributed by atoms with Crippen LogP contribution in [0.3, 0.4) is 0 Å². The highest BCUT2D eigenvalue weighted by atomic mass is 16.5.